The number of benzene rings is 1. The molecule has 10 heteroatoms. The topological polar surface area (TPSA) is 117 Å². The Balaban J connectivity index is 1.68. The van der Waals surface area contributed by atoms with Gasteiger partial charge in [-0.15, -0.1) is 5.10 Å². The highest BCUT2D eigenvalue weighted by atomic mass is 32.2. The van der Waals surface area contributed by atoms with E-state index in [2.05, 4.69) is 15.5 Å². The number of rotatable bonds is 9. The molecule has 1 aromatic carbocycles. The van der Waals surface area contributed by atoms with Crippen LogP contribution in [-0.2, 0) is 33.5 Å². The second-order valence-corrected chi connectivity index (χ2v) is 8.08. The van der Waals surface area contributed by atoms with Crippen molar-refractivity contribution in [3.63, 3.8) is 0 Å². The maximum atomic E-state index is 12.5. The van der Waals surface area contributed by atoms with Gasteiger partial charge in [0.1, 0.15) is 0 Å². The first kappa shape index (κ1) is 19.7. The Bertz CT molecular complexity index is 1030. The van der Waals surface area contributed by atoms with Gasteiger partial charge in [-0.25, -0.2) is 17.9 Å². The van der Waals surface area contributed by atoms with E-state index in [4.69, 9.17) is 9.15 Å². The summed E-state index contributed by atoms with van der Waals surface area (Å²) >= 11 is 0. The molecule has 0 unspecified atom stereocenters. The minimum Gasteiger partial charge on any atom is -0.457 e. The molecule has 0 saturated carbocycles. The third kappa shape index (κ3) is 4.63. The van der Waals surface area contributed by atoms with E-state index in [0.717, 1.165) is 12.8 Å². The molecule has 28 heavy (non-hydrogen) atoms. The molecule has 0 N–H and O–H groups in total. The average Bonchev–Trinajstić information content (AvgIpc) is 3.34. The number of sulfone groups is 1. The Morgan fingerprint density at radius 1 is 1.21 bits per heavy atom. The molecule has 148 valence electrons. The number of aromatic nitrogens is 4. The highest BCUT2D eigenvalue weighted by Crippen LogP contribution is 2.20. The third-order valence-corrected chi connectivity index (χ3v) is 5.72. The first-order chi connectivity index (χ1) is 13.5. The lowest BCUT2D eigenvalue weighted by atomic mass is 10.3. The number of nitrogens with zero attached hydrogens (tertiary/aromatic N) is 4. The zero-order valence-electron chi connectivity index (χ0n) is 15.3. The lowest BCUT2D eigenvalue weighted by Crippen LogP contribution is -2.13. The van der Waals surface area contributed by atoms with Crippen LogP contribution in [0.15, 0.2) is 52.0 Å². The van der Waals surface area contributed by atoms with Gasteiger partial charge in [-0.3, -0.25) is 0 Å². The number of unbranched alkanes of at least 4 members (excludes halogenated alkanes) is 1. The predicted octanol–water partition coefficient (Wildman–Crippen LogP) is 2.40. The quantitative estimate of drug-likeness (QED) is 0.499. The van der Waals surface area contributed by atoms with E-state index in [0.29, 0.717) is 12.4 Å². The normalized spacial score (nSPS) is 11.5. The lowest BCUT2D eigenvalue weighted by molar-refractivity contribution is 0.0418. The molecule has 0 aliphatic heterocycles. The summed E-state index contributed by atoms with van der Waals surface area (Å²) in [6.45, 7) is 2.53. The first-order valence-electron chi connectivity index (χ1n) is 8.77. The number of ether oxygens (including phenoxy) is 1. The fourth-order valence-electron chi connectivity index (χ4n) is 2.55. The van der Waals surface area contributed by atoms with Crippen LogP contribution in [0, 0.1) is 0 Å². The monoisotopic (exact) mass is 404 g/mol. The molecule has 0 atom stereocenters. The average molecular weight is 404 g/mol. The van der Waals surface area contributed by atoms with Gasteiger partial charge >= 0.3 is 5.97 Å². The van der Waals surface area contributed by atoms with Crippen molar-refractivity contribution in [3.05, 3.63) is 59.8 Å². The molecule has 0 spiro atoms. The number of hydrogen-bond acceptors (Lipinski definition) is 8. The van der Waals surface area contributed by atoms with E-state index in [9.17, 15) is 13.2 Å². The molecule has 0 aliphatic rings. The molecular formula is C18H20N4O5S. The Hall–Kier alpha value is -3.01. The van der Waals surface area contributed by atoms with Crippen molar-refractivity contribution in [1.82, 2.24) is 20.2 Å². The molecule has 0 radical (unpaired) electrons. The van der Waals surface area contributed by atoms with Gasteiger partial charge in [0.25, 0.3) is 0 Å². The van der Waals surface area contributed by atoms with E-state index >= 15 is 0 Å². The SMILES string of the molecule is CCCCn1nnnc1COC(=O)c1occc1CS(=O)(=O)c1ccccc1. The number of carbonyl (C=O) groups is 1. The fourth-order valence-corrected chi connectivity index (χ4v) is 3.92. The number of furan rings is 1. The lowest BCUT2D eigenvalue weighted by Gasteiger charge is -2.06. The molecule has 0 fully saturated rings. The van der Waals surface area contributed by atoms with Crippen LogP contribution in [0.25, 0.3) is 0 Å². The van der Waals surface area contributed by atoms with Gasteiger partial charge in [0.05, 0.1) is 16.9 Å². The number of carbonyl (C=O) groups excluding carboxylic acids is 1. The van der Waals surface area contributed by atoms with Gasteiger partial charge in [-0.2, -0.15) is 0 Å². The molecule has 3 aromatic rings. The van der Waals surface area contributed by atoms with E-state index < -0.39 is 15.8 Å². The molecule has 9 nitrogen and oxygen atoms in total. The van der Waals surface area contributed by atoms with E-state index in [-0.39, 0.29) is 28.6 Å². The summed E-state index contributed by atoms with van der Waals surface area (Å²) in [5.41, 5.74) is 0.236. The maximum absolute atomic E-state index is 12.5. The van der Waals surface area contributed by atoms with E-state index in [1.165, 1.54) is 24.5 Å². The Morgan fingerprint density at radius 3 is 2.75 bits per heavy atom. The van der Waals surface area contributed by atoms with E-state index in [1.54, 1.807) is 22.9 Å². The second kappa shape index (κ2) is 8.79. The molecule has 2 heterocycles. The van der Waals surface area contributed by atoms with Crippen molar-refractivity contribution >= 4 is 15.8 Å². The number of hydrogen-bond donors (Lipinski definition) is 0. The molecule has 2 aromatic heterocycles. The van der Waals surface area contributed by atoms with Crippen LogP contribution < -0.4 is 0 Å². The Kier molecular flexibility index (Phi) is 6.19. The van der Waals surface area contributed by atoms with Crippen LogP contribution in [0.1, 0.15) is 41.7 Å². The Morgan fingerprint density at radius 2 is 2.00 bits per heavy atom. The predicted molar refractivity (Wildman–Crippen MR) is 97.9 cm³/mol. The van der Waals surface area contributed by atoms with E-state index in [1.807, 2.05) is 6.92 Å². The zero-order valence-corrected chi connectivity index (χ0v) is 16.1. The summed E-state index contributed by atoms with van der Waals surface area (Å²) in [4.78, 5) is 12.6. The van der Waals surface area contributed by atoms with Crippen LogP contribution in [0.2, 0.25) is 0 Å². The Labute approximate surface area is 162 Å². The van der Waals surface area contributed by atoms with Crippen LogP contribution in [0.4, 0.5) is 0 Å². The highest BCUT2D eigenvalue weighted by Gasteiger charge is 2.24. The minimum absolute atomic E-state index is 0.138. The highest BCUT2D eigenvalue weighted by molar-refractivity contribution is 7.90. The van der Waals surface area contributed by atoms with Crippen molar-refractivity contribution in [2.75, 3.05) is 0 Å². The van der Waals surface area contributed by atoms with Crippen LogP contribution >= 0.6 is 0 Å². The first-order valence-corrected chi connectivity index (χ1v) is 10.4. The minimum atomic E-state index is -3.62. The molecule has 3 rings (SSSR count). The fraction of sp³-hybridized carbons (Fsp3) is 0.333. The standard InChI is InChI=1S/C18H20N4O5S/c1-2-3-10-22-16(19-20-21-22)12-27-18(23)17-14(9-11-26-17)13-28(24,25)15-7-5-4-6-8-15/h4-9,11H,2-3,10,12-13H2,1H3. The van der Waals surface area contributed by atoms with Gasteiger partial charge in [0.2, 0.25) is 5.76 Å². The molecule has 0 bridgehead atoms. The summed E-state index contributed by atoms with van der Waals surface area (Å²) in [5, 5.41) is 11.3. The van der Waals surface area contributed by atoms with Crippen molar-refractivity contribution < 1.29 is 22.4 Å². The van der Waals surface area contributed by atoms with Crippen molar-refractivity contribution in [2.45, 2.75) is 43.6 Å². The van der Waals surface area contributed by atoms with Gasteiger partial charge < -0.3 is 9.15 Å². The third-order valence-electron chi connectivity index (χ3n) is 4.04. The maximum Gasteiger partial charge on any atom is 0.374 e. The van der Waals surface area contributed by atoms with Gasteiger partial charge in [0, 0.05) is 12.1 Å². The summed E-state index contributed by atoms with van der Waals surface area (Å²) < 4.78 is 37.0. The van der Waals surface area contributed by atoms with Gasteiger partial charge in [0.15, 0.2) is 22.3 Å². The molecule has 0 aliphatic carbocycles. The molecule has 0 amide bonds. The summed E-state index contributed by atoms with van der Waals surface area (Å²) in [6, 6.07) is 9.46. The number of tetrazole rings is 1. The van der Waals surface area contributed by atoms with Crippen molar-refractivity contribution in [3.8, 4) is 0 Å². The van der Waals surface area contributed by atoms with Crippen molar-refractivity contribution in [2.24, 2.45) is 0 Å². The van der Waals surface area contributed by atoms with Gasteiger partial charge in [-0.05, 0) is 35.0 Å². The van der Waals surface area contributed by atoms with Crippen LogP contribution in [0.3, 0.4) is 0 Å². The summed E-state index contributed by atoms with van der Waals surface area (Å²) in [6.07, 6.45) is 3.13. The molecule has 0 saturated heterocycles. The van der Waals surface area contributed by atoms with Crippen LogP contribution in [0.5, 0.6) is 0 Å². The molecular weight excluding hydrogens is 384 g/mol. The summed E-state index contributed by atoms with van der Waals surface area (Å²) in [7, 11) is -3.62. The second-order valence-electron chi connectivity index (χ2n) is 6.10. The number of esters is 1. The van der Waals surface area contributed by atoms with Gasteiger partial charge in [-0.1, -0.05) is 31.5 Å². The summed E-state index contributed by atoms with van der Waals surface area (Å²) in [5.74, 6) is -0.876. The largest absolute Gasteiger partial charge is 0.457 e. The van der Waals surface area contributed by atoms with Crippen LogP contribution in [-0.4, -0.2) is 34.6 Å². The number of aryl methyl sites for hydroxylation is 1. The smallest absolute Gasteiger partial charge is 0.374 e. The van der Waals surface area contributed by atoms with Crippen molar-refractivity contribution in [1.29, 1.82) is 0 Å². The zero-order chi connectivity index (χ0) is 20.0.